The number of hydrogen-bond donors (Lipinski definition) is 1. The van der Waals surface area contributed by atoms with Crippen molar-refractivity contribution >= 4 is 5.91 Å². The lowest BCUT2D eigenvalue weighted by Gasteiger charge is -2.15. The maximum atomic E-state index is 11.9. The summed E-state index contributed by atoms with van der Waals surface area (Å²) >= 11 is 0. The van der Waals surface area contributed by atoms with E-state index in [9.17, 15) is 4.79 Å². The quantitative estimate of drug-likeness (QED) is 0.581. The van der Waals surface area contributed by atoms with Gasteiger partial charge >= 0.3 is 0 Å². The van der Waals surface area contributed by atoms with Gasteiger partial charge in [-0.25, -0.2) is 4.98 Å². The van der Waals surface area contributed by atoms with Gasteiger partial charge in [0.05, 0.1) is 6.33 Å². The molecule has 1 heterocycles. The molecular formula is C17H31N3O. The predicted octanol–water partition coefficient (Wildman–Crippen LogP) is 4.40. The van der Waals surface area contributed by atoms with Gasteiger partial charge in [0, 0.05) is 19.8 Å². The number of rotatable bonds is 12. The number of amides is 1. The minimum absolute atomic E-state index is 0.00664. The first-order valence-corrected chi connectivity index (χ1v) is 8.50. The lowest BCUT2D eigenvalue weighted by molar-refractivity contribution is 0.0787. The van der Waals surface area contributed by atoms with Gasteiger partial charge < -0.3 is 9.88 Å². The fourth-order valence-corrected chi connectivity index (χ4v) is 2.51. The summed E-state index contributed by atoms with van der Waals surface area (Å²) in [5.41, 5.74) is 0.504. The first-order chi connectivity index (χ1) is 10.3. The smallest absolute Gasteiger partial charge is 0.273 e. The molecule has 0 saturated carbocycles. The highest BCUT2D eigenvalue weighted by Gasteiger charge is 2.12. The van der Waals surface area contributed by atoms with E-state index in [1.54, 1.807) is 17.4 Å². The van der Waals surface area contributed by atoms with Crippen LogP contribution in [0.1, 0.15) is 81.6 Å². The van der Waals surface area contributed by atoms with Gasteiger partial charge in [-0.15, -0.1) is 0 Å². The van der Waals surface area contributed by atoms with Crippen LogP contribution >= 0.6 is 0 Å². The van der Waals surface area contributed by atoms with Crippen molar-refractivity contribution in [2.24, 2.45) is 0 Å². The zero-order valence-electron chi connectivity index (χ0n) is 13.7. The minimum Gasteiger partial charge on any atom is -0.350 e. The number of aromatic nitrogens is 2. The van der Waals surface area contributed by atoms with E-state index in [4.69, 9.17) is 0 Å². The summed E-state index contributed by atoms with van der Waals surface area (Å²) in [7, 11) is 1.85. The van der Waals surface area contributed by atoms with Crippen molar-refractivity contribution in [2.45, 2.75) is 71.1 Å². The molecule has 1 rings (SSSR count). The molecule has 1 N–H and O–H groups in total. The lowest BCUT2D eigenvalue weighted by atomic mass is 10.1. The Bertz CT molecular complexity index is 362. The standard InChI is InChI=1S/C17H31N3O/c1-3-4-5-6-7-8-9-10-11-12-13-20(2)17(21)16-14-18-15-19-16/h14-15H,3-13H2,1-2H3,(H,18,19). The van der Waals surface area contributed by atoms with Gasteiger partial charge in [-0.2, -0.15) is 0 Å². The molecule has 0 bridgehead atoms. The van der Waals surface area contributed by atoms with E-state index in [1.165, 1.54) is 57.8 Å². The van der Waals surface area contributed by atoms with E-state index in [1.807, 2.05) is 7.05 Å². The Balaban J connectivity index is 1.93. The van der Waals surface area contributed by atoms with E-state index < -0.39 is 0 Å². The number of nitrogens with zero attached hydrogens (tertiary/aromatic N) is 2. The molecule has 0 aromatic carbocycles. The van der Waals surface area contributed by atoms with Crippen molar-refractivity contribution < 1.29 is 4.79 Å². The number of H-pyrrole nitrogens is 1. The van der Waals surface area contributed by atoms with Crippen molar-refractivity contribution in [3.63, 3.8) is 0 Å². The molecule has 1 amide bonds. The predicted molar refractivity (Wildman–Crippen MR) is 87.4 cm³/mol. The number of imidazole rings is 1. The molecule has 0 aliphatic carbocycles. The third-order valence-electron chi connectivity index (χ3n) is 3.91. The van der Waals surface area contributed by atoms with Crippen LogP contribution in [0.4, 0.5) is 0 Å². The van der Waals surface area contributed by atoms with E-state index in [2.05, 4.69) is 16.9 Å². The molecule has 0 fully saturated rings. The molecule has 0 saturated heterocycles. The molecular weight excluding hydrogens is 262 g/mol. The van der Waals surface area contributed by atoms with E-state index in [0.29, 0.717) is 5.69 Å². The van der Waals surface area contributed by atoms with Gasteiger partial charge in [0.15, 0.2) is 0 Å². The van der Waals surface area contributed by atoms with Crippen LogP contribution in [0.25, 0.3) is 0 Å². The Kier molecular flexibility index (Phi) is 9.58. The summed E-state index contributed by atoms with van der Waals surface area (Å²) in [5.74, 6) is 0.00664. The fraction of sp³-hybridized carbons (Fsp3) is 0.765. The van der Waals surface area contributed by atoms with Crippen LogP contribution in [0.5, 0.6) is 0 Å². The minimum atomic E-state index is 0.00664. The van der Waals surface area contributed by atoms with Crippen LogP contribution in [0.2, 0.25) is 0 Å². The Morgan fingerprint density at radius 1 is 1.05 bits per heavy atom. The van der Waals surface area contributed by atoms with Crippen LogP contribution in [0.15, 0.2) is 12.5 Å². The molecule has 0 spiro atoms. The summed E-state index contributed by atoms with van der Waals surface area (Å²) in [4.78, 5) is 20.5. The molecule has 0 unspecified atom stereocenters. The maximum absolute atomic E-state index is 11.9. The van der Waals surface area contributed by atoms with Crippen LogP contribution in [0, 0.1) is 0 Å². The summed E-state index contributed by atoms with van der Waals surface area (Å²) in [6.45, 7) is 3.08. The SMILES string of the molecule is CCCCCCCCCCCCN(C)C(=O)c1c[nH]cn1. The fourth-order valence-electron chi connectivity index (χ4n) is 2.51. The highest BCUT2D eigenvalue weighted by atomic mass is 16.2. The average Bonchev–Trinajstić information content (AvgIpc) is 3.02. The van der Waals surface area contributed by atoms with Crippen LogP contribution < -0.4 is 0 Å². The summed E-state index contributed by atoms with van der Waals surface area (Å²) in [6.07, 6.45) is 16.4. The first-order valence-electron chi connectivity index (χ1n) is 8.50. The number of carbonyl (C=O) groups excluding carboxylic acids is 1. The second kappa shape index (κ2) is 11.4. The van der Waals surface area contributed by atoms with E-state index >= 15 is 0 Å². The Hall–Kier alpha value is -1.32. The molecule has 0 aliphatic rings. The zero-order chi connectivity index (χ0) is 15.3. The average molecular weight is 293 g/mol. The van der Waals surface area contributed by atoms with E-state index in [0.717, 1.165) is 13.0 Å². The summed E-state index contributed by atoms with van der Waals surface area (Å²) < 4.78 is 0. The van der Waals surface area contributed by atoms with Crippen molar-refractivity contribution in [1.82, 2.24) is 14.9 Å². The highest BCUT2D eigenvalue weighted by molar-refractivity contribution is 5.91. The molecule has 1 aromatic rings. The largest absolute Gasteiger partial charge is 0.350 e. The van der Waals surface area contributed by atoms with Crippen molar-refractivity contribution in [2.75, 3.05) is 13.6 Å². The third kappa shape index (κ3) is 7.88. The third-order valence-corrected chi connectivity index (χ3v) is 3.91. The van der Waals surface area contributed by atoms with Gasteiger partial charge in [0.25, 0.3) is 5.91 Å². The zero-order valence-corrected chi connectivity index (χ0v) is 13.7. The molecule has 0 aliphatic heterocycles. The second-order valence-corrected chi connectivity index (χ2v) is 5.86. The monoisotopic (exact) mass is 293 g/mol. The molecule has 0 radical (unpaired) electrons. The second-order valence-electron chi connectivity index (χ2n) is 5.86. The normalized spacial score (nSPS) is 10.8. The molecule has 21 heavy (non-hydrogen) atoms. The Labute approximate surface area is 129 Å². The number of nitrogens with one attached hydrogen (secondary N) is 1. The van der Waals surface area contributed by atoms with Crippen LogP contribution in [-0.4, -0.2) is 34.4 Å². The van der Waals surface area contributed by atoms with Gasteiger partial charge in [-0.1, -0.05) is 64.7 Å². The van der Waals surface area contributed by atoms with Gasteiger partial charge in [0.2, 0.25) is 0 Å². The Morgan fingerprint density at radius 2 is 1.62 bits per heavy atom. The molecule has 4 nitrogen and oxygen atoms in total. The first kappa shape index (κ1) is 17.7. The Morgan fingerprint density at radius 3 is 2.14 bits per heavy atom. The topological polar surface area (TPSA) is 49.0 Å². The van der Waals surface area contributed by atoms with Gasteiger partial charge in [-0.05, 0) is 6.42 Å². The molecule has 4 heteroatoms. The molecule has 0 atom stereocenters. The number of aromatic amines is 1. The summed E-state index contributed by atoms with van der Waals surface area (Å²) in [5, 5.41) is 0. The van der Waals surface area contributed by atoms with Gasteiger partial charge in [-0.3, -0.25) is 4.79 Å². The molecule has 1 aromatic heterocycles. The van der Waals surface area contributed by atoms with Crippen LogP contribution in [-0.2, 0) is 0 Å². The van der Waals surface area contributed by atoms with Gasteiger partial charge in [0.1, 0.15) is 5.69 Å². The van der Waals surface area contributed by atoms with Crippen molar-refractivity contribution in [1.29, 1.82) is 0 Å². The summed E-state index contributed by atoms with van der Waals surface area (Å²) in [6, 6.07) is 0. The van der Waals surface area contributed by atoms with Crippen LogP contribution in [0.3, 0.4) is 0 Å². The van der Waals surface area contributed by atoms with Crippen molar-refractivity contribution in [3.05, 3.63) is 18.2 Å². The highest BCUT2D eigenvalue weighted by Crippen LogP contribution is 2.11. The number of hydrogen-bond acceptors (Lipinski definition) is 2. The molecule has 120 valence electrons. The van der Waals surface area contributed by atoms with E-state index in [-0.39, 0.29) is 5.91 Å². The van der Waals surface area contributed by atoms with Crippen molar-refractivity contribution in [3.8, 4) is 0 Å². The number of unbranched alkanes of at least 4 members (excludes halogenated alkanes) is 9. The number of carbonyl (C=O) groups is 1. The lowest BCUT2D eigenvalue weighted by Crippen LogP contribution is -2.27. The maximum Gasteiger partial charge on any atom is 0.273 e.